The van der Waals surface area contributed by atoms with Gasteiger partial charge in [-0.2, -0.15) is 0 Å². The molecule has 0 radical (unpaired) electrons. The Morgan fingerprint density at radius 3 is 3.05 bits per heavy atom. The van der Waals surface area contributed by atoms with Crippen molar-refractivity contribution in [2.45, 2.75) is 12.8 Å². The minimum absolute atomic E-state index is 0.131. The number of thiazole rings is 1. The van der Waals surface area contributed by atoms with Crippen molar-refractivity contribution in [1.82, 2.24) is 10.3 Å². The Labute approximate surface area is 135 Å². The molecule has 0 spiro atoms. The van der Waals surface area contributed by atoms with Gasteiger partial charge < -0.3 is 10.6 Å². The molecule has 0 saturated carbocycles. The Balaban J connectivity index is 1.69. The van der Waals surface area contributed by atoms with Crippen LogP contribution in [-0.4, -0.2) is 23.5 Å². The van der Waals surface area contributed by atoms with Crippen molar-refractivity contribution >= 4 is 45.7 Å². The molecule has 1 aromatic heterocycles. The third kappa shape index (κ3) is 3.37. The zero-order valence-corrected chi connectivity index (χ0v) is 13.1. The zero-order chi connectivity index (χ0) is 15.5. The Kier molecular flexibility index (Phi) is 4.26. The maximum Gasteiger partial charge on any atom is 0.325 e. The van der Waals surface area contributed by atoms with E-state index < -0.39 is 6.03 Å². The summed E-state index contributed by atoms with van der Waals surface area (Å²) in [5.74, 6) is -0.131. The normalized spacial score (nSPS) is 13.8. The van der Waals surface area contributed by atoms with E-state index in [1.165, 1.54) is 11.3 Å². The molecule has 22 heavy (non-hydrogen) atoms. The van der Waals surface area contributed by atoms with Gasteiger partial charge in [-0.25, -0.2) is 9.78 Å². The molecule has 2 heterocycles. The molecule has 0 saturated heterocycles. The van der Waals surface area contributed by atoms with E-state index in [-0.39, 0.29) is 5.91 Å². The fourth-order valence-electron chi connectivity index (χ4n) is 2.12. The van der Waals surface area contributed by atoms with Crippen molar-refractivity contribution in [1.29, 1.82) is 0 Å². The highest BCUT2D eigenvalue weighted by Gasteiger charge is 2.21. The number of fused-ring (bicyclic) bond motifs is 1. The number of nitrogens with zero attached hydrogens (tertiary/aromatic N) is 1. The van der Waals surface area contributed by atoms with Crippen LogP contribution in [0.5, 0.6) is 0 Å². The van der Waals surface area contributed by atoms with Gasteiger partial charge in [-0.3, -0.25) is 10.1 Å². The van der Waals surface area contributed by atoms with E-state index in [0.717, 1.165) is 18.5 Å². The Hall–Kier alpha value is -2.12. The van der Waals surface area contributed by atoms with E-state index >= 15 is 0 Å². The maximum absolute atomic E-state index is 12.0. The van der Waals surface area contributed by atoms with Gasteiger partial charge in [0.15, 0.2) is 5.13 Å². The first kappa shape index (κ1) is 14.8. The fraction of sp³-hybridized carbons (Fsp3) is 0.214. The molecule has 3 N–H and O–H groups in total. The second-order valence-corrected chi connectivity index (χ2v) is 6.18. The quantitative estimate of drug-likeness (QED) is 0.788. The maximum atomic E-state index is 12.0. The Morgan fingerprint density at radius 1 is 1.36 bits per heavy atom. The average Bonchev–Trinajstić information content (AvgIpc) is 2.78. The summed E-state index contributed by atoms with van der Waals surface area (Å²) in [5.41, 5.74) is 1.32. The van der Waals surface area contributed by atoms with Crippen molar-refractivity contribution in [2.75, 3.05) is 17.2 Å². The predicted octanol–water partition coefficient (Wildman–Crippen LogP) is 3.12. The molecule has 3 amide bonds. The van der Waals surface area contributed by atoms with E-state index in [0.29, 0.717) is 27.3 Å². The molecular formula is C14H13ClN4O2S. The number of amides is 3. The van der Waals surface area contributed by atoms with Gasteiger partial charge in [0.25, 0.3) is 5.91 Å². The number of carbonyl (C=O) groups is 2. The first-order chi connectivity index (χ1) is 10.6. The van der Waals surface area contributed by atoms with Crippen molar-refractivity contribution in [3.8, 4) is 0 Å². The van der Waals surface area contributed by atoms with Crippen LogP contribution in [0.25, 0.3) is 0 Å². The Morgan fingerprint density at radius 2 is 2.23 bits per heavy atom. The number of carbonyl (C=O) groups excluding carboxylic acids is 2. The molecule has 1 aliphatic rings. The van der Waals surface area contributed by atoms with Crippen LogP contribution in [0.15, 0.2) is 24.3 Å². The lowest BCUT2D eigenvalue weighted by Gasteiger charge is -2.05. The SMILES string of the molecule is O=C(Nc1cccc(Cl)c1)Nc1nc2c(s1)C(=O)NCCC2. The number of anilines is 2. The molecule has 8 heteroatoms. The van der Waals surface area contributed by atoms with Crippen molar-refractivity contribution in [3.05, 3.63) is 39.9 Å². The summed E-state index contributed by atoms with van der Waals surface area (Å²) in [6, 6.07) is 6.42. The van der Waals surface area contributed by atoms with Crippen LogP contribution in [0.3, 0.4) is 0 Å². The molecule has 6 nitrogen and oxygen atoms in total. The van der Waals surface area contributed by atoms with Crippen LogP contribution >= 0.6 is 22.9 Å². The molecule has 0 atom stereocenters. The lowest BCUT2D eigenvalue weighted by molar-refractivity contribution is 0.0960. The summed E-state index contributed by atoms with van der Waals surface area (Å²) in [6.07, 6.45) is 1.57. The van der Waals surface area contributed by atoms with Gasteiger partial charge >= 0.3 is 6.03 Å². The molecular weight excluding hydrogens is 324 g/mol. The van der Waals surface area contributed by atoms with Gasteiger partial charge in [-0.05, 0) is 31.0 Å². The number of nitrogens with one attached hydrogen (secondary N) is 3. The van der Waals surface area contributed by atoms with Gasteiger partial charge in [-0.15, -0.1) is 0 Å². The molecule has 0 bridgehead atoms. The lowest BCUT2D eigenvalue weighted by Crippen LogP contribution is -2.21. The molecule has 1 aliphatic heterocycles. The number of hydrogen-bond acceptors (Lipinski definition) is 4. The second-order valence-electron chi connectivity index (χ2n) is 4.74. The molecule has 114 valence electrons. The number of urea groups is 1. The van der Waals surface area contributed by atoms with E-state index in [9.17, 15) is 9.59 Å². The summed E-state index contributed by atoms with van der Waals surface area (Å²) in [4.78, 5) is 28.7. The second kappa shape index (κ2) is 6.33. The Bertz CT molecular complexity index is 731. The predicted molar refractivity (Wildman–Crippen MR) is 86.9 cm³/mol. The van der Waals surface area contributed by atoms with Crippen LogP contribution in [-0.2, 0) is 6.42 Å². The lowest BCUT2D eigenvalue weighted by atomic mass is 10.2. The zero-order valence-electron chi connectivity index (χ0n) is 11.5. The number of aromatic nitrogens is 1. The number of aryl methyl sites for hydroxylation is 1. The average molecular weight is 337 g/mol. The molecule has 0 fully saturated rings. The van der Waals surface area contributed by atoms with Crippen LogP contribution < -0.4 is 16.0 Å². The summed E-state index contributed by atoms with van der Waals surface area (Å²) in [7, 11) is 0. The fourth-order valence-corrected chi connectivity index (χ4v) is 3.23. The highest BCUT2D eigenvalue weighted by Crippen LogP contribution is 2.25. The van der Waals surface area contributed by atoms with Gasteiger partial charge in [-0.1, -0.05) is 29.0 Å². The van der Waals surface area contributed by atoms with Crippen molar-refractivity contribution < 1.29 is 9.59 Å². The van der Waals surface area contributed by atoms with Gasteiger partial charge in [0.1, 0.15) is 4.88 Å². The number of halogens is 1. The first-order valence-electron chi connectivity index (χ1n) is 6.73. The van der Waals surface area contributed by atoms with E-state index in [2.05, 4.69) is 20.9 Å². The number of benzene rings is 1. The van der Waals surface area contributed by atoms with Gasteiger partial charge in [0, 0.05) is 17.3 Å². The highest BCUT2D eigenvalue weighted by atomic mass is 35.5. The summed E-state index contributed by atoms with van der Waals surface area (Å²) in [6.45, 7) is 0.653. The molecule has 3 rings (SSSR count). The number of rotatable bonds is 2. The van der Waals surface area contributed by atoms with Crippen LogP contribution in [0.2, 0.25) is 5.02 Å². The molecule has 0 unspecified atom stereocenters. The van der Waals surface area contributed by atoms with Gasteiger partial charge in [0.2, 0.25) is 0 Å². The summed E-state index contributed by atoms with van der Waals surface area (Å²) >= 11 is 7.04. The van der Waals surface area contributed by atoms with E-state index in [4.69, 9.17) is 11.6 Å². The van der Waals surface area contributed by atoms with Crippen LogP contribution in [0.4, 0.5) is 15.6 Å². The minimum atomic E-state index is -0.424. The minimum Gasteiger partial charge on any atom is -0.351 e. The first-order valence-corrected chi connectivity index (χ1v) is 7.93. The molecule has 2 aromatic rings. The third-order valence-corrected chi connectivity index (χ3v) is 4.33. The third-order valence-electron chi connectivity index (χ3n) is 3.08. The largest absolute Gasteiger partial charge is 0.351 e. The standard InChI is InChI=1S/C14H13ClN4O2S/c15-8-3-1-4-9(7-8)17-13(21)19-14-18-10-5-2-6-16-12(20)11(10)22-14/h1,3-4,7H,2,5-6H2,(H,16,20)(H2,17,18,19,21). The highest BCUT2D eigenvalue weighted by molar-refractivity contribution is 7.17. The smallest absolute Gasteiger partial charge is 0.325 e. The van der Waals surface area contributed by atoms with Crippen LogP contribution in [0.1, 0.15) is 21.8 Å². The summed E-state index contributed by atoms with van der Waals surface area (Å²) < 4.78 is 0. The summed E-state index contributed by atoms with van der Waals surface area (Å²) in [5, 5.41) is 9.05. The van der Waals surface area contributed by atoms with Gasteiger partial charge in [0.05, 0.1) is 5.69 Å². The monoisotopic (exact) mass is 336 g/mol. The topological polar surface area (TPSA) is 83.1 Å². The van der Waals surface area contributed by atoms with E-state index in [1.807, 2.05) is 0 Å². The molecule has 1 aromatic carbocycles. The molecule has 0 aliphatic carbocycles. The van der Waals surface area contributed by atoms with Crippen molar-refractivity contribution in [3.63, 3.8) is 0 Å². The number of hydrogen-bond donors (Lipinski definition) is 3. The van der Waals surface area contributed by atoms with Crippen LogP contribution in [0, 0.1) is 0 Å². The van der Waals surface area contributed by atoms with E-state index in [1.54, 1.807) is 24.3 Å². The van der Waals surface area contributed by atoms with Crippen molar-refractivity contribution in [2.24, 2.45) is 0 Å².